The average molecular weight is 556 g/mol. The highest BCUT2D eigenvalue weighted by Gasteiger charge is 2.24. The summed E-state index contributed by atoms with van der Waals surface area (Å²) in [6, 6.07) is 9.21. The number of hydrogen-bond acceptors (Lipinski definition) is 7. The molecule has 0 unspecified atom stereocenters. The van der Waals surface area contributed by atoms with Gasteiger partial charge in [-0.05, 0) is 89.3 Å². The van der Waals surface area contributed by atoms with Crippen LogP contribution in [-0.4, -0.2) is 37.4 Å². The van der Waals surface area contributed by atoms with E-state index >= 15 is 0 Å². The quantitative estimate of drug-likeness (QED) is 0.312. The number of amides is 1. The molecule has 0 aromatic heterocycles. The zero-order valence-corrected chi connectivity index (χ0v) is 19.6. The molecule has 0 aliphatic carbocycles. The van der Waals surface area contributed by atoms with E-state index in [-0.39, 0.29) is 18.3 Å². The molecule has 7 nitrogen and oxygen atoms in total. The summed E-state index contributed by atoms with van der Waals surface area (Å²) in [7, 11) is 1.29. The summed E-state index contributed by atoms with van der Waals surface area (Å²) in [5.74, 6) is -0.265. The number of nitrogens with zero attached hydrogens (tertiary/aromatic N) is 1. The Kier molecular flexibility index (Phi) is 7.91. The topological polar surface area (TPSA) is 86.2 Å². The van der Waals surface area contributed by atoms with Crippen molar-refractivity contribution in [3.05, 3.63) is 56.3 Å². The van der Waals surface area contributed by atoms with Crippen molar-refractivity contribution >= 4 is 63.2 Å². The summed E-state index contributed by atoms with van der Waals surface area (Å²) in [4.78, 5) is 28.5. The van der Waals surface area contributed by atoms with Crippen molar-refractivity contribution in [1.29, 1.82) is 0 Å². The van der Waals surface area contributed by atoms with Crippen molar-refractivity contribution in [2.75, 3.05) is 20.3 Å². The minimum atomic E-state index is -0.503. The van der Waals surface area contributed by atoms with E-state index in [9.17, 15) is 14.0 Å². The van der Waals surface area contributed by atoms with Gasteiger partial charge in [0.15, 0.2) is 23.3 Å². The van der Waals surface area contributed by atoms with Crippen LogP contribution in [0.5, 0.6) is 11.5 Å². The zero-order chi connectivity index (χ0) is 22.4. The van der Waals surface area contributed by atoms with Gasteiger partial charge in [0.1, 0.15) is 5.82 Å². The Bertz CT molecular complexity index is 1060. The first-order chi connectivity index (χ1) is 14.9. The fourth-order valence-electron chi connectivity index (χ4n) is 2.53. The summed E-state index contributed by atoms with van der Waals surface area (Å²) in [6.45, 7) is 1.99. The van der Waals surface area contributed by atoms with Gasteiger partial charge in [-0.25, -0.2) is 14.2 Å². The standard InChI is InChI=1S/C21H18FIN2O5S/c1-3-29-16-9-12(8-15(23)19(16)30-11-18(26)28-2)10-17-20(27)25-21(31-17)24-14-6-4-13(22)5-7-14/h4-10H,3,11H2,1-2H3,(H,24,25,27)/b17-10+. The second-order valence-electron chi connectivity index (χ2n) is 6.09. The van der Waals surface area contributed by atoms with E-state index in [1.807, 2.05) is 13.0 Å². The van der Waals surface area contributed by atoms with Gasteiger partial charge in [-0.1, -0.05) is 0 Å². The van der Waals surface area contributed by atoms with Gasteiger partial charge in [-0.3, -0.25) is 4.79 Å². The Morgan fingerprint density at radius 1 is 1.26 bits per heavy atom. The summed E-state index contributed by atoms with van der Waals surface area (Å²) in [5.41, 5.74) is 1.25. The third-order valence-electron chi connectivity index (χ3n) is 3.90. The van der Waals surface area contributed by atoms with Gasteiger partial charge in [-0.15, -0.1) is 0 Å². The van der Waals surface area contributed by atoms with Crippen molar-refractivity contribution in [3.8, 4) is 11.5 Å². The van der Waals surface area contributed by atoms with Crippen LogP contribution < -0.4 is 14.8 Å². The van der Waals surface area contributed by atoms with Gasteiger partial charge in [0.05, 0.1) is 27.9 Å². The maximum absolute atomic E-state index is 13.0. The maximum Gasteiger partial charge on any atom is 0.343 e. The molecule has 1 saturated heterocycles. The number of nitrogens with one attached hydrogen (secondary N) is 1. The molecular formula is C21H18FIN2O5S. The van der Waals surface area contributed by atoms with E-state index < -0.39 is 5.97 Å². The van der Waals surface area contributed by atoms with Crippen LogP contribution in [0.4, 0.5) is 10.1 Å². The molecule has 1 aliphatic rings. The minimum absolute atomic E-state index is 0.242. The largest absolute Gasteiger partial charge is 0.490 e. The molecule has 2 aromatic carbocycles. The van der Waals surface area contributed by atoms with E-state index in [1.165, 1.54) is 43.1 Å². The highest BCUT2D eigenvalue weighted by atomic mass is 127. The zero-order valence-electron chi connectivity index (χ0n) is 16.6. The molecule has 1 aliphatic heterocycles. The molecule has 0 radical (unpaired) electrons. The Labute approximate surface area is 196 Å². The van der Waals surface area contributed by atoms with Gasteiger partial charge in [0.25, 0.3) is 5.91 Å². The van der Waals surface area contributed by atoms with E-state index in [1.54, 1.807) is 12.1 Å². The Morgan fingerprint density at radius 2 is 2.00 bits per heavy atom. The van der Waals surface area contributed by atoms with E-state index in [4.69, 9.17) is 9.47 Å². The predicted molar refractivity (Wildman–Crippen MR) is 125 cm³/mol. The van der Waals surface area contributed by atoms with Gasteiger partial charge in [-0.2, -0.15) is 0 Å². The SMILES string of the molecule is CCOc1cc(/C=C2/SC(=Nc3ccc(F)cc3)NC2=O)cc(I)c1OCC(=O)OC. The molecule has 2 aromatic rings. The fraction of sp³-hybridized carbons (Fsp3) is 0.190. The monoisotopic (exact) mass is 556 g/mol. The van der Waals surface area contributed by atoms with Crippen LogP contribution in [-0.2, 0) is 14.3 Å². The lowest BCUT2D eigenvalue weighted by Crippen LogP contribution is -2.19. The Balaban J connectivity index is 1.84. The number of thioether (sulfide) groups is 1. The van der Waals surface area contributed by atoms with E-state index in [0.29, 0.717) is 37.4 Å². The summed E-state index contributed by atoms with van der Waals surface area (Å²) in [6.07, 6.45) is 1.71. The maximum atomic E-state index is 13.0. The molecule has 1 fully saturated rings. The van der Waals surface area contributed by atoms with Crippen LogP contribution in [0.2, 0.25) is 0 Å². The number of esters is 1. The number of ether oxygens (including phenoxy) is 3. The molecular weight excluding hydrogens is 538 g/mol. The lowest BCUT2D eigenvalue weighted by molar-refractivity contribution is -0.143. The molecule has 10 heteroatoms. The number of carbonyl (C=O) groups excluding carboxylic acids is 2. The first kappa shape index (κ1) is 23.1. The van der Waals surface area contributed by atoms with Crippen LogP contribution >= 0.6 is 34.4 Å². The lowest BCUT2D eigenvalue weighted by Gasteiger charge is -2.14. The summed E-state index contributed by atoms with van der Waals surface area (Å²) in [5, 5.41) is 3.10. The number of carbonyl (C=O) groups is 2. The molecule has 162 valence electrons. The highest BCUT2D eigenvalue weighted by Crippen LogP contribution is 2.36. The van der Waals surface area contributed by atoms with Crippen LogP contribution in [0.15, 0.2) is 46.3 Å². The predicted octanol–water partition coefficient (Wildman–Crippen LogP) is 4.27. The number of amidine groups is 1. The Hall–Kier alpha value is -2.60. The second kappa shape index (κ2) is 10.6. The molecule has 0 atom stereocenters. The average Bonchev–Trinajstić information content (AvgIpc) is 3.07. The number of hydrogen-bond donors (Lipinski definition) is 1. The van der Waals surface area contributed by atoms with Gasteiger partial charge >= 0.3 is 5.97 Å². The number of aliphatic imine (C=N–C) groups is 1. The molecule has 1 amide bonds. The lowest BCUT2D eigenvalue weighted by atomic mass is 10.2. The van der Waals surface area contributed by atoms with Crippen molar-refractivity contribution in [2.24, 2.45) is 4.99 Å². The molecule has 0 bridgehead atoms. The first-order valence-corrected chi connectivity index (χ1v) is 11.0. The summed E-state index contributed by atoms with van der Waals surface area (Å²) >= 11 is 3.26. The Morgan fingerprint density at radius 3 is 2.68 bits per heavy atom. The number of benzene rings is 2. The van der Waals surface area contributed by atoms with Gasteiger partial charge < -0.3 is 19.5 Å². The van der Waals surface area contributed by atoms with E-state index in [0.717, 1.165) is 5.56 Å². The van der Waals surface area contributed by atoms with Gasteiger partial charge in [0.2, 0.25) is 0 Å². The van der Waals surface area contributed by atoms with E-state index in [2.05, 4.69) is 37.6 Å². The minimum Gasteiger partial charge on any atom is -0.490 e. The number of methoxy groups -OCH3 is 1. The molecule has 1 heterocycles. The van der Waals surface area contributed by atoms with Crippen molar-refractivity contribution in [1.82, 2.24) is 5.32 Å². The van der Waals surface area contributed by atoms with Crippen LogP contribution in [0.1, 0.15) is 12.5 Å². The number of rotatable bonds is 7. The number of halogens is 2. The van der Waals surface area contributed by atoms with Crippen LogP contribution in [0.3, 0.4) is 0 Å². The summed E-state index contributed by atoms with van der Waals surface area (Å²) < 4.78 is 29.6. The van der Waals surface area contributed by atoms with Crippen molar-refractivity contribution in [2.45, 2.75) is 6.92 Å². The molecule has 3 rings (SSSR count). The fourth-order valence-corrected chi connectivity index (χ4v) is 4.15. The molecule has 0 saturated carbocycles. The van der Waals surface area contributed by atoms with Crippen molar-refractivity contribution < 1.29 is 28.2 Å². The third kappa shape index (κ3) is 6.20. The van der Waals surface area contributed by atoms with Gasteiger partial charge in [0, 0.05) is 0 Å². The molecule has 0 spiro atoms. The smallest absolute Gasteiger partial charge is 0.343 e. The van der Waals surface area contributed by atoms with Crippen LogP contribution in [0, 0.1) is 9.39 Å². The second-order valence-corrected chi connectivity index (χ2v) is 8.28. The molecule has 31 heavy (non-hydrogen) atoms. The van der Waals surface area contributed by atoms with Crippen LogP contribution in [0.25, 0.3) is 6.08 Å². The third-order valence-corrected chi connectivity index (χ3v) is 5.61. The normalized spacial score (nSPS) is 15.8. The highest BCUT2D eigenvalue weighted by molar-refractivity contribution is 14.1. The van der Waals surface area contributed by atoms with Crippen molar-refractivity contribution in [3.63, 3.8) is 0 Å². The first-order valence-electron chi connectivity index (χ1n) is 9.10. The molecule has 1 N–H and O–H groups in total.